The van der Waals surface area contributed by atoms with Gasteiger partial charge in [0.05, 0.1) is 19.1 Å². The number of piperazine rings is 1. The van der Waals surface area contributed by atoms with Gasteiger partial charge in [0, 0.05) is 56.0 Å². The smallest absolute Gasteiger partial charge is 0.226 e. The van der Waals surface area contributed by atoms with E-state index in [2.05, 4.69) is 27.0 Å². The van der Waals surface area contributed by atoms with E-state index in [0.717, 1.165) is 68.3 Å². The van der Waals surface area contributed by atoms with E-state index in [1.807, 2.05) is 17.0 Å². The predicted molar refractivity (Wildman–Crippen MR) is 95.9 cm³/mol. The van der Waals surface area contributed by atoms with Crippen molar-refractivity contribution in [1.82, 2.24) is 14.9 Å². The lowest BCUT2D eigenvalue weighted by molar-refractivity contribution is -0.136. The first kappa shape index (κ1) is 16.0. The Morgan fingerprint density at radius 1 is 1.28 bits per heavy atom. The van der Waals surface area contributed by atoms with E-state index in [-0.39, 0.29) is 5.92 Å². The molecule has 1 aliphatic carbocycles. The molecule has 25 heavy (non-hydrogen) atoms. The van der Waals surface area contributed by atoms with Gasteiger partial charge in [0.2, 0.25) is 5.91 Å². The Kier molecular flexibility index (Phi) is 4.34. The van der Waals surface area contributed by atoms with E-state index in [9.17, 15) is 4.79 Å². The van der Waals surface area contributed by atoms with E-state index in [4.69, 9.17) is 4.74 Å². The van der Waals surface area contributed by atoms with Gasteiger partial charge in [-0.1, -0.05) is 6.07 Å². The monoisotopic (exact) mass is 340 g/mol. The van der Waals surface area contributed by atoms with Crippen LogP contribution in [0.1, 0.15) is 17.8 Å². The number of hydrogen-bond acceptors (Lipinski definition) is 4. The number of fused-ring (bicyclic) bond motifs is 1. The molecule has 2 heterocycles. The molecule has 2 aliphatic rings. The molecule has 1 N–H and O–H groups in total. The zero-order chi connectivity index (χ0) is 17.2. The van der Waals surface area contributed by atoms with Crippen LogP contribution in [-0.4, -0.2) is 54.1 Å². The van der Waals surface area contributed by atoms with E-state index >= 15 is 0 Å². The highest BCUT2D eigenvalue weighted by molar-refractivity contribution is 5.79. The second-order valence-corrected chi connectivity index (χ2v) is 6.78. The molecule has 1 aliphatic heterocycles. The zero-order valence-corrected chi connectivity index (χ0v) is 14.6. The number of aromatic nitrogens is 2. The molecule has 0 radical (unpaired) electrons. The summed E-state index contributed by atoms with van der Waals surface area (Å²) in [6, 6.07) is 8.12. The predicted octanol–water partition coefficient (Wildman–Crippen LogP) is 1.87. The number of ether oxygens (including phenoxy) is 1. The van der Waals surface area contributed by atoms with E-state index in [1.54, 1.807) is 13.4 Å². The standard InChI is InChI=1S/C19H24N4O2/c1-25-16-4-2-3-15(12-16)22-7-9-23(10-8-22)19(24)14-5-6-17-18(11-14)21-13-20-17/h2-4,12-14H,5-11H2,1H3,(H,20,21). The number of amides is 1. The van der Waals surface area contributed by atoms with Crippen LogP contribution in [0.2, 0.25) is 0 Å². The number of hydrogen-bond donors (Lipinski definition) is 1. The van der Waals surface area contributed by atoms with Crippen molar-refractivity contribution < 1.29 is 9.53 Å². The number of imidazole rings is 1. The van der Waals surface area contributed by atoms with Crippen LogP contribution in [0.15, 0.2) is 30.6 Å². The molecule has 0 bridgehead atoms. The second-order valence-electron chi connectivity index (χ2n) is 6.78. The van der Waals surface area contributed by atoms with Gasteiger partial charge in [0.1, 0.15) is 5.75 Å². The van der Waals surface area contributed by atoms with Gasteiger partial charge in [-0.2, -0.15) is 0 Å². The molecular formula is C19H24N4O2. The summed E-state index contributed by atoms with van der Waals surface area (Å²) in [6.45, 7) is 3.28. The molecule has 0 saturated carbocycles. The maximum Gasteiger partial charge on any atom is 0.226 e. The lowest BCUT2D eigenvalue weighted by atomic mass is 9.88. The van der Waals surface area contributed by atoms with Crippen molar-refractivity contribution >= 4 is 11.6 Å². The third kappa shape index (κ3) is 3.21. The van der Waals surface area contributed by atoms with Crippen molar-refractivity contribution in [3.05, 3.63) is 42.0 Å². The van der Waals surface area contributed by atoms with Crippen LogP contribution >= 0.6 is 0 Å². The van der Waals surface area contributed by atoms with Crippen LogP contribution in [0.3, 0.4) is 0 Å². The summed E-state index contributed by atoms with van der Waals surface area (Å²) in [4.78, 5) is 24.7. The summed E-state index contributed by atoms with van der Waals surface area (Å²) in [5.41, 5.74) is 3.43. The van der Waals surface area contributed by atoms with Gasteiger partial charge in [0.15, 0.2) is 0 Å². The molecule has 1 fully saturated rings. The largest absolute Gasteiger partial charge is 0.497 e. The second kappa shape index (κ2) is 6.78. The first-order valence-corrected chi connectivity index (χ1v) is 8.93. The third-order valence-corrected chi connectivity index (χ3v) is 5.35. The molecule has 2 aromatic rings. The minimum absolute atomic E-state index is 0.0938. The average molecular weight is 340 g/mol. The van der Waals surface area contributed by atoms with Crippen molar-refractivity contribution in [2.24, 2.45) is 5.92 Å². The number of methoxy groups -OCH3 is 1. The molecular weight excluding hydrogens is 316 g/mol. The molecule has 4 rings (SSSR count). The summed E-state index contributed by atoms with van der Waals surface area (Å²) < 4.78 is 5.31. The summed E-state index contributed by atoms with van der Waals surface area (Å²) in [5, 5.41) is 0. The van der Waals surface area contributed by atoms with Crippen molar-refractivity contribution in [2.75, 3.05) is 38.2 Å². The van der Waals surface area contributed by atoms with Gasteiger partial charge < -0.3 is 19.5 Å². The molecule has 1 atom stereocenters. The van der Waals surface area contributed by atoms with Crippen LogP contribution < -0.4 is 9.64 Å². The van der Waals surface area contributed by atoms with Gasteiger partial charge in [-0.25, -0.2) is 4.98 Å². The van der Waals surface area contributed by atoms with Gasteiger partial charge >= 0.3 is 0 Å². The number of nitrogens with one attached hydrogen (secondary N) is 1. The Labute approximate surface area is 147 Å². The van der Waals surface area contributed by atoms with Gasteiger partial charge in [-0.05, 0) is 25.0 Å². The number of H-pyrrole nitrogens is 1. The van der Waals surface area contributed by atoms with Crippen LogP contribution in [0.5, 0.6) is 5.75 Å². The highest BCUT2D eigenvalue weighted by Crippen LogP contribution is 2.26. The minimum atomic E-state index is 0.0938. The summed E-state index contributed by atoms with van der Waals surface area (Å²) in [6.07, 6.45) is 4.35. The third-order valence-electron chi connectivity index (χ3n) is 5.35. The lowest BCUT2D eigenvalue weighted by Crippen LogP contribution is -2.51. The highest BCUT2D eigenvalue weighted by Gasteiger charge is 2.31. The topological polar surface area (TPSA) is 61.5 Å². The minimum Gasteiger partial charge on any atom is -0.497 e. The van der Waals surface area contributed by atoms with Gasteiger partial charge in [-0.15, -0.1) is 0 Å². The van der Waals surface area contributed by atoms with Crippen LogP contribution in [0, 0.1) is 5.92 Å². The fourth-order valence-corrected chi connectivity index (χ4v) is 3.86. The van der Waals surface area contributed by atoms with E-state index in [0.29, 0.717) is 5.91 Å². The van der Waals surface area contributed by atoms with Crippen molar-refractivity contribution in [1.29, 1.82) is 0 Å². The molecule has 6 nitrogen and oxygen atoms in total. The first-order chi connectivity index (χ1) is 12.2. The number of carbonyl (C=O) groups is 1. The SMILES string of the molecule is COc1cccc(N2CCN(C(=O)C3CCc4nc[nH]c4C3)CC2)c1. The van der Waals surface area contributed by atoms with Gasteiger partial charge in [-0.3, -0.25) is 4.79 Å². The molecule has 1 aromatic heterocycles. The number of benzene rings is 1. The Morgan fingerprint density at radius 2 is 2.12 bits per heavy atom. The summed E-state index contributed by atoms with van der Waals surface area (Å²) >= 11 is 0. The number of carbonyl (C=O) groups excluding carboxylic acids is 1. The van der Waals surface area contributed by atoms with Crippen LogP contribution in [0.25, 0.3) is 0 Å². The van der Waals surface area contributed by atoms with Crippen LogP contribution in [0.4, 0.5) is 5.69 Å². The van der Waals surface area contributed by atoms with Crippen molar-refractivity contribution in [2.45, 2.75) is 19.3 Å². The molecule has 1 aromatic carbocycles. The number of nitrogens with zero attached hydrogens (tertiary/aromatic N) is 3. The number of anilines is 1. The Balaban J connectivity index is 1.36. The van der Waals surface area contributed by atoms with E-state index in [1.165, 1.54) is 0 Å². The molecule has 6 heteroatoms. The zero-order valence-electron chi connectivity index (χ0n) is 14.6. The number of rotatable bonds is 3. The lowest BCUT2D eigenvalue weighted by Gasteiger charge is -2.38. The molecule has 0 spiro atoms. The quantitative estimate of drug-likeness (QED) is 0.927. The van der Waals surface area contributed by atoms with E-state index < -0.39 is 0 Å². The Morgan fingerprint density at radius 3 is 2.92 bits per heavy atom. The number of aromatic amines is 1. The van der Waals surface area contributed by atoms with Crippen LogP contribution in [-0.2, 0) is 17.6 Å². The Bertz CT molecular complexity index is 749. The average Bonchev–Trinajstić information content (AvgIpc) is 3.15. The van der Waals surface area contributed by atoms with Crippen molar-refractivity contribution in [3.63, 3.8) is 0 Å². The fraction of sp³-hybridized carbons (Fsp3) is 0.474. The highest BCUT2D eigenvalue weighted by atomic mass is 16.5. The molecule has 132 valence electrons. The maximum absolute atomic E-state index is 12.9. The first-order valence-electron chi connectivity index (χ1n) is 8.93. The summed E-state index contributed by atoms with van der Waals surface area (Å²) in [5.74, 6) is 1.26. The number of aryl methyl sites for hydroxylation is 1. The molecule has 1 unspecified atom stereocenters. The normalized spacial score (nSPS) is 20.3. The Hall–Kier alpha value is -2.50. The van der Waals surface area contributed by atoms with Gasteiger partial charge in [0.25, 0.3) is 0 Å². The molecule has 1 saturated heterocycles. The molecule has 1 amide bonds. The maximum atomic E-state index is 12.9. The fourth-order valence-electron chi connectivity index (χ4n) is 3.86. The van der Waals surface area contributed by atoms with Crippen molar-refractivity contribution in [3.8, 4) is 5.75 Å². The summed E-state index contributed by atoms with van der Waals surface area (Å²) in [7, 11) is 1.69.